The van der Waals surface area contributed by atoms with Gasteiger partial charge in [-0.2, -0.15) is 18.2 Å². The molecular formula is C23H28ClF3N6O. The molecule has 2 N–H and O–H groups in total. The monoisotopic (exact) mass is 496 g/mol. The van der Waals surface area contributed by atoms with E-state index in [2.05, 4.69) is 20.6 Å². The lowest BCUT2D eigenvalue weighted by molar-refractivity contribution is -0.145. The van der Waals surface area contributed by atoms with Crippen molar-refractivity contribution in [2.45, 2.75) is 38.3 Å². The topological polar surface area (TPSA) is 73.4 Å². The van der Waals surface area contributed by atoms with E-state index in [4.69, 9.17) is 11.6 Å². The van der Waals surface area contributed by atoms with Crippen molar-refractivity contribution in [3.8, 4) is 0 Å². The zero-order valence-electron chi connectivity index (χ0n) is 18.8. The number of amides is 1. The first kappa shape index (κ1) is 24.5. The van der Waals surface area contributed by atoms with Crippen LogP contribution in [0.5, 0.6) is 0 Å². The number of alkyl halides is 3. The molecule has 184 valence electrons. The molecule has 0 bridgehead atoms. The second kappa shape index (κ2) is 10.8. The van der Waals surface area contributed by atoms with E-state index >= 15 is 0 Å². The third-order valence-corrected chi connectivity index (χ3v) is 6.35. The Kier molecular flexibility index (Phi) is 7.77. The number of halogens is 4. The molecule has 2 aromatic rings. The van der Waals surface area contributed by atoms with Gasteiger partial charge in [0.15, 0.2) is 0 Å². The molecule has 0 spiro atoms. The lowest BCUT2D eigenvalue weighted by Gasteiger charge is -2.20. The van der Waals surface area contributed by atoms with Crippen molar-refractivity contribution in [1.29, 1.82) is 0 Å². The minimum Gasteiger partial charge on any atom is -0.369 e. The molecule has 0 unspecified atom stereocenters. The minimum absolute atomic E-state index is 0.209. The van der Waals surface area contributed by atoms with Crippen molar-refractivity contribution in [2.24, 2.45) is 0 Å². The number of rotatable bonds is 8. The number of likely N-dealkylation sites (tertiary alicyclic amines) is 1. The number of carbonyl (C=O) groups excluding carboxylic acids is 1. The molecule has 7 nitrogen and oxygen atoms in total. The van der Waals surface area contributed by atoms with Gasteiger partial charge >= 0.3 is 6.18 Å². The Bertz CT molecular complexity index is 1020. The molecule has 1 fully saturated rings. The van der Waals surface area contributed by atoms with E-state index in [1.54, 1.807) is 0 Å². The van der Waals surface area contributed by atoms with Gasteiger partial charge in [0.05, 0.1) is 12.7 Å². The molecule has 1 aromatic carbocycles. The van der Waals surface area contributed by atoms with Crippen LogP contribution in [-0.4, -0.2) is 71.1 Å². The Morgan fingerprint density at radius 3 is 2.62 bits per heavy atom. The highest BCUT2D eigenvalue weighted by molar-refractivity contribution is 6.32. The zero-order chi connectivity index (χ0) is 24.1. The predicted molar refractivity (Wildman–Crippen MR) is 126 cm³/mol. The van der Waals surface area contributed by atoms with E-state index in [0.29, 0.717) is 62.2 Å². The number of aromatic nitrogens is 2. The largest absolute Gasteiger partial charge is 0.401 e. The SMILES string of the molecule is O=C1CCCN1CCCNc1nc(Nc2ccc3c(c2)CCN(CC(F)(F)F)CC3)ncc1Cl. The van der Waals surface area contributed by atoms with E-state index < -0.39 is 12.7 Å². The highest BCUT2D eigenvalue weighted by Gasteiger charge is 2.31. The zero-order valence-corrected chi connectivity index (χ0v) is 19.6. The molecule has 11 heteroatoms. The summed E-state index contributed by atoms with van der Waals surface area (Å²) in [5, 5.41) is 6.76. The molecule has 2 aliphatic rings. The number of carbonyl (C=O) groups is 1. The van der Waals surface area contributed by atoms with E-state index in [0.717, 1.165) is 36.2 Å². The van der Waals surface area contributed by atoms with Crippen LogP contribution in [-0.2, 0) is 17.6 Å². The summed E-state index contributed by atoms with van der Waals surface area (Å²) in [6, 6.07) is 5.78. The van der Waals surface area contributed by atoms with Gasteiger partial charge in [-0.05, 0) is 48.9 Å². The quantitative estimate of drug-likeness (QED) is 0.532. The highest BCUT2D eigenvalue weighted by Crippen LogP contribution is 2.26. The summed E-state index contributed by atoms with van der Waals surface area (Å²) < 4.78 is 38.3. The Labute approximate surface area is 201 Å². The van der Waals surface area contributed by atoms with E-state index in [-0.39, 0.29) is 5.91 Å². The first-order chi connectivity index (χ1) is 16.3. The average molecular weight is 497 g/mol. The Morgan fingerprint density at radius 1 is 1.09 bits per heavy atom. The van der Waals surface area contributed by atoms with Crippen LogP contribution in [0.15, 0.2) is 24.4 Å². The molecule has 1 aromatic heterocycles. The van der Waals surface area contributed by atoms with Gasteiger partial charge in [0.25, 0.3) is 0 Å². The summed E-state index contributed by atoms with van der Waals surface area (Å²) in [6.45, 7) is 2.02. The van der Waals surface area contributed by atoms with Crippen LogP contribution in [0.25, 0.3) is 0 Å². The van der Waals surface area contributed by atoms with Crippen LogP contribution in [0.4, 0.5) is 30.6 Å². The standard InChI is InChI=1S/C23H28ClF3N6O/c24-19-14-29-22(31-21(19)28-8-2-10-33-9-1-3-20(33)34)30-18-5-4-16-6-11-32(15-23(25,26)27)12-7-17(16)13-18/h4-5,13-14H,1-3,6-12,15H2,(H2,28,29,30,31). The second-order valence-electron chi connectivity index (χ2n) is 8.65. The molecule has 34 heavy (non-hydrogen) atoms. The molecule has 0 saturated carbocycles. The number of anilines is 3. The van der Waals surface area contributed by atoms with Crippen LogP contribution in [0.2, 0.25) is 5.02 Å². The fraction of sp³-hybridized carbons (Fsp3) is 0.522. The lowest BCUT2D eigenvalue weighted by Crippen LogP contribution is -2.35. The molecule has 1 saturated heterocycles. The van der Waals surface area contributed by atoms with Crippen molar-refractivity contribution in [3.05, 3.63) is 40.5 Å². The van der Waals surface area contributed by atoms with Gasteiger partial charge in [-0.25, -0.2) is 4.98 Å². The van der Waals surface area contributed by atoms with Gasteiger partial charge < -0.3 is 15.5 Å². The summed E-state index contributed by atoms with van der Waals surface area (Å²) >= 11 is 6.24. The van der Waals surface area contributed by atoms with Crippen LogP contribution >= 0.6 is 11.6 Å². The fourth-order valence-electron chi connectivity index (χ4n) is 4.36. The number of hydrogen-bond donors (Lipinski definition) is 2. The lowest BCUT2D eigenvalue weighted by atomic mass is 10.0. The molecule has 0 aliphatic carbocycles. The van der Waals surface area contributed by atoms with Crippen LogP contribution < -0.4 is 10.6 Å². The van der Waals surface area contributed by atoms with Gasteiger partial charge in [-0.1, -0.05) is 17.7 Å². The number of benzene rings is 1. The molecule has 4 rings (SSSR count). The smallest absolute Gasteiger partial charge is 0.369 e. The van der Waals surface area contributed by atoms with Crippen LogP contribution in [0, 0.1) is 0 Å². The molecule has 2 aliphatic heterocycles. The number of nitrogens with one attached hydrogen (secondary N) is 2. The Hall–Kier alpha value is -2.59. The summed E-state index contributed by atoms with van der Waals surface area (Å²) in [5.41, 5.74) is 2.85. The average Bonchev–Trinajstić information content (AvgIpc) is 3.09. The van der Waals surface area contributed by atoms with Gasteiger partial charge in [0.1, 0.15) is 10.8 Å². The normalized spacial score (nSPS) is 16.9. The number of nitrogens with zero attached hydrogens (tertiary/aromatic N) is 4. The number of fused-ring (bicyclic) bond motifs is 1. The maximum absolute atomic E-state index is 12.8. The maximum Gasteiger partial charge on any atom is 0.401 e. The summed E-state index contributed by atoms with van der Waals surface area (Å²) in [4.78, 5) is 23.7. The van der Waals surface area contributed by atoms with Gasteiger partial charge in [0, 0.05) is 44.8 Å². The van der Waals surface area contributed by atoms with E-state index in [1.165, 1.54) is 11.1 Å². The molecule has 1 amide bonds. The third-order valence-electron chi connectivity index (χ3n) is 6.07. The summed E-state index contributed by atoms with van der Waals surface area (Å²) in [7, 11) is 0. The van der Waals surface area contributed by atoms with E-state index in [9.17, 15) is 18.0 Å². The second-order valence-corrected chi connectivity index (χ2v) is 9.06. The fourth-order valence-corrected chi connectivity index (χ4v) is 4.52. The van der Waals surface area contributed by atoms with Crippen molar-refractivity contribution < 1.29 is 18.0 Å². The summed E-state index contributed by atoms with van der Waals surface area (Å²) in [5.74, 6) is 1.08. The third kappa shape index (κ3) is 6.73. The maximum atomic E-state index is 12.8. The molecular weight excluding hydrogens is 469 g/mol. The van der Waals surface area contributed by atoms with Crippen molar-refractivity contribution in [1.82, 2.24) is 19.8 Å². The van der Waals surface area contributed by atoms with Crippen molar-refractivity contribution in [3.63, 3.8) is 0 Å². The van der Waals surface area contributed by atoms with Crippen molar-refractivity contribution >= 4 is 35.0 Å². The molecule has 0 radical (unpaired) electrons. The molecule has 3 heterocycles. The summed E-state index contributed by atoms with van der Waals surface area (Å²) in [6.07, 6.45) is 0.802. The van der Waals surface area contributed by atoms with Gasteiger partial charge in [-0.3, -0.25) is 9.69 Å². The first-order valence-electron chi connectivity index (χ1n) is 11.5. The predicted octanol–water partition coefficient (Wildman–Crippen LogP) is 4.26. The first-order valence-corrected chi connectivity index (χ1v) is 11.9. The number of hydrogen-bond acceptors (Lipinski definition) is 6. The van der Waals surface area contributed by atoms with Crippen LogP contribution in [0.1, 0.15) is 30.4 Å². The highest BCUT2D eigenvalue weighted by atomic mass is 35.5. The van der Waals surface area contributed by atoms with Gasteiger partial charge in [0.2, 0.25) is 11.9 Å². The van der Waals surface area contributed by atoms with Crippen LogP contribution in [0.3, 0.4) is 0 Å². The van der Waals surface area contributed by atoms with Gasteiger partial charge in [-0.15, -0.1) is 0 Å². The Morgan fingerprint density at radius 2 is 1.88 bits per heavy atom. The molecule has 0 atom stereocenters. The minimum atomic E-state index is -4.19. The van der Waals surface area contributed by atoms with Crippen molar-refractivity contribution in [2.75, 3.05) is 49.9 Å². The Balaban J connectivity index is 1.34. The van der Waals surface area contributed by atoms with E-state index in [1.807, 2.05) is 23.1 Å².